The van der Waals surface area contributed by atoms with Gasteiger partial charge in [-0.2, -0.15) is 0 Å². The van der Waals surface area contributed by atoms with E-state index in [-0.39, 0.29) is 0 Å². The molecule has 25 heavy (non-hydrogen) atoms. The second-order valence-corrected chi connectivity index (χ2v) is 8.91. The molecule has 0 aromatic heterocycles. The lowest BCUT2D eigenvalue weighted by molar-refractivity contribution is -0.229. The van der Waals surface area contributed by atoms with Gasteiger partial charge in [0.05, 0.1) is 0 Å². The Balaban J connectivity index is 0.000000251. The third-order valence-electron chi connectivity index (χ3n) is 4.24. The standard InChI is InChI=1S/C8H14O2S2.C7H14O6/c9-8(10)4-2-1-3-7-5-6-11-12-7;1-13-7-5(11)3(9)2(8)4(10)6(7)12/h7H,1-6H2,(H,9,10);2-12H,1H3/t7-;2?,3-,4-,5-,6+,7?/m10/s1. The van der Waals surface area contributed by atoms with Crippen molar-refractivity contribution < 1.29 is 40.2 Å². The molecule has 1 saturated carbocycles. The van der Waals surface area contributed by atoms with Crippen molar-refractivity contribution >= 4 is 27.6 Å². The van der Waals surface area contributed by atoms with E-state index in [1.165, 1.54) is 25.7 Å². The zero-order valence-corrected chi connectivity index (χ0v) is 15.7. The van der Waals surface area contributed by atoms with Crippen LogP contribution in [0.25, 0.3) is 0 Å². The molecule has 7 atom stereocenters. The maximum Gasteiger partial charge on any atom is 0.303 e. The highest BCUT2D eigenvalue weighted by atomic mass is 33.1. The summed E-state index contributed by atoms with van der Waals surface area (Å²) in [6, 6.07) is 0. The molecule has 6 N–H and O–H groups in total. The molecule has 2 unspecified atom stereocenters. The van der Waals surface area contributed by atoms with Gasteiger partial charge in [0, 0.05) is 24.5 Å². The van der Waals surface area contributed by atoms with E-state index >= 15 is 0 Å². The van der Waals surface area contributed by atoms with Crippen LogP contribution >= 0.6 is 21.6 Å². The van der Waals surface area contributed by atoms with Gasteiger partial charge < -0.3 is 35.4 Å². The van der Waals surface area contributed by atoms with Crippen LogP contribution in [0.15, 0.2) is 0 Å². The summed E-state index contributed by atoms with van der Waals surface area (Å²) < 4.78 is 4.67. The van der Waals surface area contributed by atoms with Gasteiger partial charge >= 0.3 is 5.97 Å². The molecular formula is C15H28O8S2. The van der Waals surface area contributed by atoms with E-state index < -0.39 is 42.6 Å². The Kier molecular flexibility index (Phi) is 10.7. The van der Waals surface area contributed by atoms with Crippen LogP contribution in [0.1, 0.15) is 32.1 Å². The van der Waals surface area contributed by atoms with Crippen LogP contribution in [0, 0.1) is 0 Å². The van der Waals surface area contributed by atoms with Gasteiger partial charge in [-0.05, 0) is 19.3 Å². The zero-order chi connectivity index (χ0) is 19.0. The third-order valence-corrected chi connectivity index (χ3v) is 7.25. The minimum Gasteiger partial charge on any atom is -0.481 e. The van der Waals surface area contributed by atoms with Crippen LogP contribution < -0.4 is 0 Å². The number of unbranched alkanes of at least 4 members (excludes halogenated alkanes) is 1. The van der Waals surface area contributed by atoms with Crippen LogP contribution in [0.4, 0.5) is 0 Å². The summed E-state index contributed by atoms with van der Waals surface area (Å²) in [6.45, 7) is 0. The summed E-state index contributed by atoms with van der Waals surface area (Å²) in [7, 11) is 5.15. The number of rotatable bonds is 6. The first-order valence-electron chi connectivity index (χ1n) is 8.22. The van der Waals surface area contributed by atoms with Crippen molar-refractivity contribution in [1.82, 2.24) is 0 Å². The van der Waals surface area contributed by atoms with Gasteiger partial charge in [0.1, 0.15) is 36.6 Å². The van der Waals surface area contributed by atoms with Crippen LogP contribution in [0.2, 0.25) is 0 Å². The maximum absolute atomic E-state index is 10.2. The lowest BCUT2D eigenvalue weighted by Gasteiger charge is -2.40. The Morgan fingerprint density at radius 2 is 1.56 bits per heavy atom. The van der Waals surface area contributed by atoms with E-state index in [4.69, 9.17) is 10.2 Å². The Labute approximate surface area is 155 Å². The number of hydrogen-bond donors (Lipinski definition) is 6. The fourth-order valence-electron chi connectivity index (χ4n) is 2.69. The molecule has 0 bridgehead atoms. The Morgan fingerprint density at radius 3 is 2.00 bits per heavy atom. The fourth-order valence-corrected chi connectivity index (χ4v) is 5.72. The molecule has 2 rings (SSSR count). The number of carboxylic acids is 1. The Hall–Kier alpha value is -0.0700. The molecule has 2 fully saturated rings. The van der Waals surface area contributed by atoms with Crippen molar-refractivity contribution in [2.24, 2.45) is 0 Å². The predicted octanol–water partition coefficient (Wildman–Crippen LogP) is -0.395. The summed E-state index contributed by atoms with van der Waals surface area (Å²) in [5.41, 5.74) is 0. The highest BCUT2D eigenvalue weighted by Gasteiger charge is 2.48. The highest BCUT2D eigenvalue weighted by Crippen LogP contribution is 2.39. The van der Waals surface area contributed by atoms with Gasteiger partial charge in [0.2, 0.25) is 0 Å². The van der Waals surface area contributed by atoms with Crippen molar-refractivity contribution in [2.45, 2.75) is 74.0 Å². The summed E-state index contributed by atoms with van der Waals surface area (Å²) in [5, 5.41) is 55.3. The molecule has 0 radical (unpaired) electrons. The molecule has 1 aliphatic heterocycles. The van der Waals surface area contributed by atoms with Crippen molar-refractivity contribution in [3.63, 3.8) is 0 Å². The third kappa shape index (κ3) is 7.22. The molecule has 1 aliphatic carbocycles. The lowest BCUT2D eigenvalue weighted by Crippen LogP contribution is -2.64. The number of carboxylic acid groups (broad SMARTS) is 1. The van der Waals surface area contributed by atoms with E-state index in [1.54, 1.807) is 0 Å². The van der Waals surface area contributed by atoms with Crippen molar-refractivity contribution in [3.05, 3.63) is 0 Å². The molecule has 0 amide bonds. The number of carbonyl (C=O) groups is 1. The summed E-state index contributed by atoms with van der Waals surface area (Å²) in [4.78, 5) is 10.2. The van der Waals surface area contributed by atoms with Gasteiger partial charge in [0.15, 0.2) is 0 Å². The highest BCUT2D eigenvalue weighted by molar-refractivity contribution is 8.77. The molecule has 0 aromatic carbocycles. The zero-order valence-electron chi connectivity index (χ0n) is 14.1. The Bertz CT molecular complexity index is 378. The normalized spacial score (nSPS) is 38.1. The number of hydrogen-bond acceptors (Lipinski definition) is 9. The van der Waals surface area contributed by atoms with Gasteiger partial charge in [0.25, 0.3) is 0 Å². The van der Waals surface area contributed by atoms with E-state index in [0.29, 0.717) is 6.42 Å². The second-order valence-electron chi connectivity index (χ2n) is 6.12. The number of aliphatic hydroxyl groups is 5. The summed E-state index contributed by atoms with van der Waals surface area (Å²) in [6.07, 6.45) is -3.72. The monoisotopic (exact) mass is 400 g/mol. The number of aliphatic hydroxyl groups excluding tert-OH is 5. The maximum atomic E-state index is 10.2. The van der Waals surface area contributed by atoms with Gasteiger partial charge in [-0.3, -0.25) is 4.79 Å². The summed E-state index contributed by atoms with van der Waals surface area (Å²) >= 11 is 0. The number of methoxy groups -OCH3 is 1. The second kappa shape index (κ2) is 11.6. The number of aliphatic carboxylic acids is 1. The minimum absolute atomic E-state index is 0.338. The molecule has 0 aromatic rings. The summed E-state index contributed by atoms with van der Waals surface area (Å²) in [5.74, 6) is 0.609. The van der Waals surface area contributed by atoms with E-state index in [9.17, 15) is 25.2 Å². The first-order chi connectivity index (χ1) is 11.8. The quantitative estimate of drug-likeness (QED) is 0.257. The largest absolute Gasteiger partial charge is 0.481 e. The van der Waals surface area contributed by atoms with Crippen molar-refractivity contribution in [1.29, 1.82) is 0 Å². The van der Waals surface area contributed by atoms with Crippen LogP contribution in [-0.4, -0.2) is 91.3 Å². The molecule has 2 aliphatic rings. The SMILES string of the molecule is COC1[C@@H](O)[C@@H](O)C(O)[C@H](O)[C@H]1O.O=C(O)CCCC[C@@H]1CCSS1. The van der Waals surface area contributed by atoms with E-state index in [2.05, 4.69) is 4.74 Å². The van der Waals surface area contributed by atoms with Gasteiger partial charge in [-0.1, -0.05) is 28.0 Å². The topological polar surface area (TPSA) is 148 Å². The van der Waals surface area contributed by atoms with Crippen LogP contribution in [0.5, 0.6) is 0 Å². The van der Waals surface area contributed by atoms with Gasteiger partial charge in [-0.15, -0.1) is 0 Å². The Morgan fingerprint density at radius 1 is 1.00 bits per heavy atom. The molecule has 1 saturated heterocycles. The fraction of sp³-hybridized carbons (Fsp3) is 0.933. The van der Waals surface area contributed by atoms with Crippen LogP contribution in [-0.2, 0) is 9.53 Å². The van der Waals surface area contributed by atoms with Crippen molar-refractivity contribution in [2.75, 3.05) is 12.9 Å². The predicted molar refractivity (Wildman–Crippen MR) is 95.4 cm³/mol. The van der Waals surface area contributed by atoms with Crippen LogP contribution in [0.3, 0.4) is 0 Å². The first kappa shape index (κ1) is 23.0. The molecule has 8 nitrogen and oxygen atoms in total. The smallest absolute Gasteiger partial charge is 0.303 e. The lowest BCUT2D eigenvalue weighted by atomic mass is 9.85. The molecule has 10 heteroatoms. The molecule has 0 spiro atoms. The first-order valence-corrected chi connectivity index (χ1v) is 10.6. The molecular weight excluding hydrogens is 372 g/mol. The molecule has 1 heterocycles. The van der Waals surface area contributed by atoms with Crippen molar-refractivity contribution in [3.8, 4) is 0 Å². The number of ether oxygens (including phenoxy) is 1. The van der Waals surface area contributed by atoms with Gasteiger partial charge in [-0.25, -0.2) is 0 Å². The van der Waals surface area contributed by atoms with E-state index in [1.807, 2.05) is 21.6 Å². The average molecular weight is 401 g/mol. The average Bonchev–Trinajstić information content (AvgIpc) is 3.09. The van der Waals surface area contributed by atoms with E-state index in [0.717, 1.165) is 18.1 Å². The molecule has 148 valence electrons. The minimum atomic E-state index is -1.56.